The van der Waals surface area contributed by atoms with Gasteiger partial charge in [0.2, 0.25) is 0 Å². The van der Waals surface area contributed by atoms with Crippen molar-refractivity contribution < 1.29 is 13.7 Å². The van der Waals surface area contributed by atoms with Crippen molar-refractivity contribution in [1.29, 1.82) is 4.78 Å². The van der Waals surface area contributed by atoms with E-state index in [9.17, 15) is 9.00 Å². The minimum Gasteiger partial charge on any atom is -0.372 e. The Morgan fingerprint density at radius 2 is 1.86 bits per heavy atom. The van der Waals surface area contributed by atoms with Crippen LogP contribution in [0.4, 0.5) is 11.5 Å². The van der Waals surface area contributed by atoms with Crippen molar-refractivity contribution in [2.45, 2.75) is 39.0 Å². The summed E-state index contributed by atoms with van der Waals surface area (Å²) in [5.41, 5.74) is 5.29. The average Bonchev–Trinajstić information content (AvgIpc) is 3.32. The molecule has 4 atom stereocenters. The molecule has 3 aromatic heterocycles. The van der Waals surface area contributed by atoms with Gasteiger partial charge in [0.25, 0.3) is 5.91 Å². The molecule has 5 heterocycles. The predicted molar refractivity (Wildman–Crippen MR) is 166 cm³/mol. The molecule has 1 aromatic carbocycles. The molecule has 1 amide bonds. The maximum Gasteiger partial charge on any atom is 0.251 e. The zero-order chi connectivity index (χ0) is 29.6. The summed E-state index contributed by atoms with van der Waals surface area (Å²) in [5, 5.41) is 3.85. The van der Waals surface area contributed by atoms with Crippen LogP contribution in [0.1, 0.15) is 35.5 Å². The monoisotopic (exact) mass is 586 g/mol. The molecule has 218 valence electrons. The van der Waals surface area contributed by atoms with Crippen LogP contribution in [-0.2, 0) is 27.6 Å². The number of nitrogens with zero attached hydrogens (tertiary/aromatic N) is 5. The highest BCUT2D eigenvalue weighted by Gasteiger charge is 2.41. The van der Waals surface area contributed by atoms with E-state index in [0.29, 0.717) is 17.8 Å². The third-order valence-corrected chi connectivity index (χ3v) is 10.2. The number of hydrogen-bond donors (Lipinski definition) is 2. The topological polar surface area (TPSA) is 121 Å². The van der Waals surface area contributed by atoms with E-state index in [4.69, 9.17) is 19.5 Å². The Bertz CT molecular complexity index is 1780. The fourth-order valence-electron chi connectivity index (χ4n) is 5.85. The van der Waals surface area contributed by atoms with Gasteiger partial charge in [0, 0.05) is 48.3 Å². The van der Waals surface area contributed by atoms with Crippen molar-refractivity contribution in [3.05, 3.63) is 77.6 Å². The molecule has 11 heteroatoms. The van der Waals surface area contributed by atoms with Gasteiger partial charge >= 0.3 is 0 Å². The minimum absolute atomic E-state index is 0.0200. The van der Waals surface area contributed by atoms with Crippen molar-refractivity contribution in [3.8, 4) is 11.4 Å². The molecular weight excluding hydrogens is 550 g/mol. The average molecular weight is 587 g/mol. The van der Waals surface area contributed by atoms with Crippen LogP contribution in [0.25, 0.3) is 22.3 Å². The van der Waals surface area contributed by atoms with Crippen LogP contribution in [-0.4, -0.2) is 70.2 Å². The SMILES string of the molecule is C[C@@H]1CN(c2cccc(-c3ccc4cnc(CNC(=O)c5ccc6c(c5)[N+](C)([S@@](C)(=N)=O)CC6)cc4n3)n2)C[C@H](C)O1. The van der Waals surface area contributed by atoms with E-state index in [0.717, 1.165) is 58.9 Å². The zero-order valence-corrected chi connectivity index (χ0v) is 25.1. The summed E-state index contributed by atoms with van der Waals surface area (Å²) in [6.45, 7) is 6.56. The van der Waals surface area contributed by atoms with Gasteiger partial charge in [-0.1, -0.05) is 12.1 Å². The van der Waals surface area contributed by atoms with E-state index in [1.54, 1.807) is 25.4 Å². The summed E-state index contributed by atoms with van der Waals surface area (Å²) < 4.78 is 26.8. The van der Waals surface area contributed by atoms with Gasteiger partial charge in [-0.25, -0.2) is 18.6 Å². The fourth-order valence-corrected chi connectivity index (χ4v) is 6.84. The molecule has 6 rings (SSSR count). The standard InChI is InChI=1S/C31H35N7O3S/c1-20-18-37(19-21(2)41-20)30-7-5-6-26(36-30)27-11-10-24-16-33-25(15-28(24)35-27)17-34-31(39)23-9-8-22-12-13-38(3,29(22)14-23)42(4,32)40/h5-11,14-16,20-21,32H,12-13,17-19H2,1-4H3/p+1/t20-,21+,38?,42-/m1/s1. The normalized spacial score (nSPS) is 23.4. The highest BCUT2D eigenvalue weighted by atomic mass is 32.2. The number of carbonyl (C=O) groups excluding carboxylic acids is 1. The highest BCUT2D eigenvalue weighted by Crippen LogP contribution is 2.37. The number of fused-ring (bicyclic) bond motifs is 2. The van der Waals surface area contributed by atoms with Gasteiger partial charge in [-0.2, -0.15) is 4.21 Å². The molecule has 1 unspecified atom stereocenters. The number of quaternary nitrogens is 1. The Labute approximate surface area is 246 Å². The number of ether oxygens (including phenoxy) is 1. The lowest BCUT2D eigenvalue weighted by Crippen LogP contribution is -2.47. The number of rotatable bonds is 6. The molecule has 4 aromatic rings. The lowest BCUT2D eigenvalue weighted by Gasteiger charge is -2.36. The maximum absolute atomic E-state index is 13.1. The van der Waals surface area contributed by atoms with Crippen molar-refractivity contribution in [3.63, 3.8) is 0 Å². The molecule has 1 fully saturated rings. The lowest BCUT2D eigenvalue weighted by atomic mass is 10.1. The van der Waals surface area contributed by atoms with Gasteiger partial charge < -0.3 is 15.0 Å². The van der Waals surface area contributed by atoms with Gasteiger partial charge in [0.05, 0.1) is 54.7 Å². The number of likely N-dealkylation sites (N-methyl/N-ethyl adjacent to an activating group) is 1. The van der Waals surface area contributed by atoms with E-state index >= 15 is 0 Å². The number of amides is 1. The summed E-state index contributed by atoms with van der Waals surface area (Å²) in [6.07, 6.45) is 4.24. The number of carbonyl (C=O) groups is 1. The van der Waals surface area contributed by atoms with Crippen LogP contribution in [0.5, 0.6) is 0 Å². The number of nitrogens with one attached hydrogen (secondary N) is 2. The Hall–Kier alpha value is -3.93. The third kappa shape index (κ3) is 5.35. The molecule has 2 aliphatic heterocycles. The predicted octanol–water partition coefficient (Wildman–Crippen LogP) is 4.32. The fraction of sp³-hybridized carbons (Fsp3) is 0.355. The lowest BCUT2D eigenvalue weighted by molar-refractivity contribution is -0.00545. The molecule has 0 spiro atoms. The quantitative estimate of drug-likeness (QED) is 0.323. The molecule has 0 aliphatic carbocycles. The van der Waals surface area contributed by atoms with E-state index in [1.807, 2.05) is 42.5 Å². The van der Waals surface area contributed by atoms with Crippen LogP contribution in [0.15, 0.2) is 60.8 Å². The Kier molecular flexibility index (Phi) is 7.20. The summed E-state index contributed by atoms with van der Waals surface area (Å²) in [4.78, 5) is 29.7. The molecule has 0 radical (unpaired) electrons. The minimum atomic E-state index is -2.89. The second kappa shape index (κ2) is 10.7. The highest BCUT2D eigenvalue weighted by molar-refractivity contribution is 7.91. The molecule has 2 N–H and O–H groups in total. The Morgan fingerprint density at radius 3 is 2.62 bits per heavy atom. The molecule has 2 aliphatic rings. The van der Waals surface area contributed by atoms with Crippen LogP contribution < -0.4 is 14.1 Å². The summed E-state index contributed by atoms with van der Waals surface area (Å²) >= 11 is 0. The smallest absolute Gasteiger partial charge is 0.251 e. The number of benzene rings is 1. The van der Waals surface area contributed by atoms with Crippen molar-refractivity contribution in [2.24, 2.45) is 0 Å². The van der Waals surface area contributed by atoms with Crippen molar-refractivity contribution in [1.82, 2.24) is 24.2 Å². The summed E-state index contributed by atoms with van der Waals surface area (Å²) in [5.74, 6) is 0.657. The molecule has 0 saturated carbocycles. The van der Waals surface area contributed by atoms with Crippen LogP contribution in [0.2, 0.25) is 0 Å². The number of hydrogen-bond acceptors (Lipinski definition) is 8. The van der Waals surface area contributed by atoms with Crippen LogP contribution in [0, 0.1) is 4.78 Å². The molecule has 1 saturated heterocycles. The zero-order valence-electron chi connectivity index (χ0n) is 24.3. The maximum atomic E-state index is 13.1. The largest absolute Gasteiger partial charge is 0.372 e. The summed E-state index contributed by atoms with van der Waals surface area (Å²) in [7, 11) is -1.09. The van der Waals surface area contributed by atoms with E-state index in [1.165, 1.54) is 6.26 Å². The Morgan fingerprint density at radius 1 is 1.10 bits per heavy atom. The first-order valence-corrected chi connectivity index (χ1v) is 16.1. The van der Waals surface area contributed by atoms with Gasteiger partial charge in [0.15, 0.2) is 15.6 Å². The second-order valence-electron chi connectivity index (χ2n) is 11.5. The number of morpholine rings is 1. The van der Waals surface area contributed by atoms with Gasteiger partial charge in [0.1, 0.15) is 12.4 Å². The second-order valence-corrected chi connectivity index (χ2v) is 13.9. The molecule has 42 heavy (non-hydrogen) atoms. The molecule has 10 nitrogen and oxygen atoms in total. The summed E-state index contributed by atoms with van der Waals surface area (Å²) in [6, 6.07) is 17.3. The number of anilines is 1. The van der Waals surface area contributed by atoms with E-state index < -0.39 is 9.92 Å². The van der Waals surface area contributed by atoms with Gasteiger partial charge in [-0.3, -0.25) is 9.78 Å². The van der Waals surface area contributed by atoms with Crippen LogP contribution >= 0.6 is 0 Å². The number of pyridine rings is 3. The number of aromatic nitrogens is 3. The first-order valence-electron chi connectivity index (χ1n) is 14.1. The third-order valence-electron chi connectivity index (χ3n) is 8.23. The molecular formula is C31H36N7O3S+. The van der Waals surface area contributed by atoms with Crippen LogP contribution in [0.3, 0.4) is 0 Å². The van der Waals surface area contributed by atoms with Crippen molar-refractivity contribution in [2.75, 3.05) is 37.8 Å². The Balaban J connectivity index is 1.19. The molecule has 0 bridgehead atoms. The van der Waals surface area contributed by atoms with Gasteiger partial charge in [-0.05, 0) is 50.2 Å². The van der Waals surface area contributed by atoms with Gasteiger partial charge in [-0.15, -0.1) is 0 Å². The first-order chi connectivity index (χ1) is 20.0. The van der Waals surface area contributed by atoms with Crippen molar-refractivity contribution >= 4 is 38.2 Å². The van der Waals surface area contributed by atoms with E-state index in [2.05, 4.69) is 29.0 Å². The first kappa shape index (κ1) is 28.2. The van der Waals surface area contributed by atoms with E-state index in [-0.39, 0.29) is 28.5 Å².